The van der Waals surface area contributed by atoms with Gasteiger partial charge < -0.3 is 5.32 Å². The lowest BCUT2D eigenvalue weighted by Crippen LogP contribution is -2.37. The van der Waals surface area contributed by atoms with Crippen LogP contribution in [0.3, 0.4) is 0 Å². The fraction of sp³-hybridized carbons (Fsp3) is 0.333. The summed E-state index contributed by atoms with van der Waals surface area (Å²) in [5.41, 5.74) is 0.778. The number of rotatable bonds is 3. The van der Waals surface area contributed by atoms with Crippen LogP contribution in [0, 0.1) is 0 Å². The Labute approximate surface area is 84.3 Å². The molecular formula is C9H9F3N2O. The average molecular weight is 218 g/mol. The third-order valence-electron chi connectivity index (χ3n) is 1.68. The van der Waals surface area contributed by atoms with E-state index >= 15 is 0 Å². The molecule has 1 heterocycles. The van der Waals surface area contributed by atoms with E-state index in [1.54, 1.807) is 29.8 Å². The molecule has 1 N–H and O–H groups in total. The zero-order valence-corrected chi connectivity index (χ0v) is 7.71. The third kappa shape index (κ3) is 3.97. The molecule has 0 atom stereocenters. The molecule has 0 unspecified atom stereocenters. The Bertz CT molecular complexity index is 324. The topological polar surface area (TPSA) is 42.0 Å². The molecule has 1 rings (SSSR count). The van der Waals surface area contributed by atoms with Crippen LogP contribution in [0.15, 0.2) is 24.5 Å². The van der Waals surface area contributed by atoms with E-state index in [4.69, 9.17) is 0 Å². The van der Waals surface area contributed by atoms with Crippen molar-refractivity contribution in [1.29, 1.82) is 0 Å². The maximum Gasteiger partial charge on any atom is 0.471 e. The maximum atomic E-state index is 11.8. The molecular weight excluding hydrogens is 209 g/mol. The second-order valence-corrected chi connectivity index (χ2v) is 2.86. The molecule has 0 spiro atoms. The molecule has 1 aromatic rings. The molecule has 3 nitrogen and oxygen atoms in total. The zero-order valence-electron chi connectivity index (χ0n) is 7.71. The summed E-state index contributed by atoms with van der Waals surface area (Å²) in [7, 11) is 0. The standard InChI is InChI=1S/C9H9F3N2O/c10-9(11,12)8(15)14-5-3-7-2-1-4-13-6-7/h1-2,4,6H,3,5H2,(H,14,15). The van der Waals surface area contributed by atoms with Crippen molar-refractivity contribution in [2.45, 2.75) is 12.6 Å². The Balaban J connectivity index is 2.32. The van der Waals surface area contributed by atoms with Gasteiger partial charge in [0.05, 0.1) is 0 Å². The molecule has 6 heteroatoms. The minimum Gasteiger partial charge on any atom is -0.348 e. The number of alkyl halides is 3. The van der Waals surface area contributed by atoms with E-state index < -0.39 is 12.1 Å². The highest BCUT2D eigenvalue weighted by Crippen LogP contribution is 2.13. The molecule has 0 aromatic carbocycles. The van der Waals surface area contributed by atoms with Crippen LogP contribution < -0.4 is 5.32 Å². The molecule has 1 aromatic heterocycles. The molecule has 0 fully saturated rings. The number of hydrogen-bond donors (Lipinski definition) is 1. The highest BCUT2D eigenvalue weighted by molar-refractivity contribution is 5.81. The van der Waals surface area contributed by atoms with Crippen LogP contribution in [0.2, 0.25) is 0 Å². The summed E-state index contributed by atoms with van der Waals surface area (Å²) in [4.78, 5) is 14.2. The summed E-state index contributed by atoms with van der Waals surface area (Å²) in [5.74, 6) is -1.91. The first-order valence-corrected chi connectivity index (χ1v) is 4.24. The molecule has 0 saturated carbocycles. The predicted molar refractivity (Wildman–Crippen MR) is 47.0 cm³/mol. The van der Waals surface area contributed by atoms with Gasteiger partial charge in [0.15, 0.2) is 0 Å². The fourth-order valence-electron chi connectivity index (χ4n) is 0.967. The quantitative estimate of drug-likeness (QED) is 0.830. The number of carbonyl (C=O) groups excluding carboxylic acids is 1. The molecule has 1 amide bonds. The largest absolute Gasteiger partial charge is 0.471 e. The lowest BCUT2D eigenvalue weighted by Gasteiger charge is -2.07. The minimum absolute atomic E-state index is 0.0516. The lowest BCUT2D eigenvalue weighted by atomic mass is 10.2. The highest BCUT2D eigenvalue weighted by Gasteiger charge is 2.38. The number of nitrogens with one attached hydrogen (secondary N) is 1. The average Bonchev–Trinajstić information content (AvgIpc) is 2.18. The van der Waals surface area contributed by atoms with E-state index in [2.05, 4.69) is 4.98 Å². The van der Waals surface area contributed by atoms with E-state index in [0.717, 1.165) is 5.56 Å². The monoisotopic (exact) mass is 218 g/mol. The summed E-state index contributed by atoms with van der Waals surface area (Å²) in [6.45, 7) is -0.0516. The van der Waals surface area contributed by atoms with Crippen molar-refractivity contribution in [1.82, 2.24) is 10.3 Å². The summed E-state index contributed by atoms with van der Waals surface area (Å²) in [6.07, 6.45) is -1.37. The first kappa shape index (κ1) is 11.5. The number of carbonyl (C=O) groups is 1. The van der Waals surface area contributed by atoms with Crippen molar-refractivity contribution in [2.75, 3.05) is 6.54 Å². The normalized spacial score (nSPS) is 11.1. The van der Waals surface area contributed by atoms with Gasteiger partial charge in [-0.15, -0.1) is 0 Å². The second kappa shape index (κ2) is 4.77. The number of halogens is 3. The van der Waals surface area contributed by atoms with Gasteiger partial charge in [0.1, 0.15) is 0 Å². The first-order valence-electron chi connectivity index (χ1n) is 4.24. The van der Waals surface area contributed by atoms with Crippen LogP contribution in [-0.2, 0) is 11.2 Å². The van der Waals surface area contributed by atoms with E-state index in [-0.39, 0.29) is 6.54 Å². The smallest absolute Gasteiger partial charge is 0.348 e. The molecule has 82 valence electrons. The Morgan fingerprint density at radius 2 is 2.20 bits per heavy atom. The van der Waals surface area contributed by atoms with Gasteiger partial charge in [-0.1, -0.05) is 6.07 Å². The van der Waals surface area contributed by atoms with Crippen molar-refractivity contribution in [3.8, 4) is 0 Å². The molecule has 0 aliphatic carbocycles. The summed E-state index contributed by atoms with van der Waals surface area (Å²) >= 11 is 0. The second-order valence-electron chi connectivity index (χ2n) is 2.86. The van der Waals surface area contributed by atoms with E-state index in [9.17, 15) is 18.0 Å². The van der Waals surface area contributed by atoms with Crippen LogP contribution in [0.4, 0.5) is 13.2 Å². The Hall–Kier alpha value is -1.59. The zero-order chi connectivity index (χ0) is 11.3. The molecule has 0 radical (unpaired) electrons. The number of aromatic nitrogens is 1. The summed E-state index contributed by atoms with van der Waals surface area (Å²) in [5, 5.41) is 1.78. The number of nitrogens with zero attached hydrogens (tertiary/aromatic N) is 1. The molecule has 15 heavy (non-hydrogen) atoms. The molecule has 0 aliphatic heterocycles. The van der Waals surface area contributed by atoms with Crippen molar-refractivity contribution in [3.63, 3.8) is 0 Å². The van der Waals surface area contributed by atoms with Crippen LogP contribution in [0.25, 0.3) is 0 Å². The van der Waals surface area contributed by atoms with Crippen molar-refractivity contribution >= 4 is 5.91 Å². The fourth-order valence-corrected chi connectivity index (χ4v) is 0.967. The van der Waals surface area contributed by atoms with Crippen LogP contribution in [0.1, 0.15) is 5.56 Å². The molecule has 0 aliphatic rings. The lowest BCUT2D eigenvalue weighted by molar-refractivity contribution is -0.173. The maximum absolute atomic E-state index is 11.8. The van der Waals surface area contributed by atoms with Gasteiger partial charge in [-0.2, -0.15) is 13.2 Å². The van der Waals surface area contributed by atoms with Crippen LogP contribution in [0.5, 0.6) is 0 Å². The van der Waals surface area contributed by atoms with Gasteiger partial charge in [0.2, 0.25) is 0 Å². The number of pyridine rings is 1. The third-order valence-corrected chi connectivity index (χ3v) is 1.68. The van der Waals surface area contributed by atoms with Crippen molar-refractivity contribution in [2.24, 2.45) is 0 Å². The van der Waals surface area contributed by atoms with Gasteiger partial charge in [-0.05, 0) is 18.1 Å². The van der Waals surface area contributed by atoms with E-state index in [0.29, 0.717) is 6.42 Å². The summed E-state index contributed by atoms with van der Waals surface area (Å²) in [6, 6.07) is 3.41. The number of amides is 1. The van der Waals surface area contributed by atoms with Gasteiger partial charge in [0.25, 0.3) is 0 Å². The van der Waals surface area contributed by atoms with E-state index in [1.165, 1.54) is 0 Å². The van der Waals surface area contributed by atoms with Gasteiger partial charge in [-0.3, -0.25) is 9.78 Å². The molecule has 0 bridgehead atoms. The SMILES string of the molecule is O=C(NCCc1cccnc1)C(F)(F)F. The van der Waals surface area contributed by atoms with Crippen molar-refractivity contribution < 1.29 is 18.0 Å². The van der Waals surface area contributed by atoms with Gasteiger partial charge >= 0.3 is 12.1 Å². The number of hydrogen-bond acceptors (Lipinski definition) is 2. The Morgan fingerprint density at radius 1 is 1.47 bits per heavy atom. The van der Waals surface area contributed by atoms with Crippen LogP contribution in [-0.4, -0.2) is 23.6 Å². The van der Waals surface area contributed by atoms with Crippen LogP contribution >= 0.6 is 0 Å². The Kier molecular flexibility index (Phi) is 3.65. The van der Waals surface area contributed by atoms with Gasteiger partial charge in [0, 0.05) is 18.9 Å². The minimum atomic E-state index is -4.81. The Morgan fingerprint density at radius 3 is 2.73 bits per heavy atom. The molecule has 0 saturated heterocycles. The first-order chi connectivity index (χ1) is 7.00. The highest BCUT2D eigenvalue weighted by atomic mass is 19.4. The predicted octanol–water partition coefficient (Wildman–Crippen LogP) is 1.30. The van der Waals surface area contributed by atoms with Crippen molar-refractivity contribution in [3.05, 3.63) is 30.1 Å². The van der Waals surface area contributed by atoms with E-state index in [1.807, 2.05) is 0 Å². The van der Waals surface area contributed by atoms with Gasteiger partial charge in [-0.25, -0.2) is 0 Å². The summed E-state index contributed by atoms with van der Waals surface area (Å²) < 4.78 is 35.3.